The standard InChI is InChI=1S/C31H29N3O5S/c1-36-23-12-10-22(11-13-23)33-29(35)14-15-40-31-25(19-32)24(18-26(34-31)20-8-6-5-7-9-20)21-16-27(37-2)30(39-4)28(17-21)38-3/h5-13,16-18H,14-15H2,1-4H3,(H,33,35). The van der Waals surface area contributed by atoms with Crippen LogP contribution in [0.25, 0.3) is 22.4 Å². The Morgan fingerprint density at radius 2 is 1.55 bits per heavy atom. The third-order valence-electron chi connectivity index (χ3n) is 6.09. The average molecular weight is 556 g/mol. The number of hydrogen-bond acceptors (Lipinski definition) is 8. The van der Waals surface area contributed by atoms with Crippen LogP contribution in [-0.4, -0.2) is 45.1 Å². The van der Waals surface area contributed by atoms with Gasteiger partial charge < -0.3 is 24.3 Å². The summed E-state index contributed by atoms with van der Waals surface area (Å²) in [7, 11) is 6.23. The lowest BCUT2D eigenvalue weighted by molar-refractivity contribution is -0.115. The molecule has 0 aliphatic rings. The number of anilines is 1. The SMILES string of the molecule is COc1ccc(NC(=O)CCSc2nc(-c3ccccc3)cc(-c3cc(OC)c(OC)c(OC)c3)c2C#N)cc1. The number of methoxy groups -OCH3 is 4. The number of rotatable bonds is 11. The summed E-state index contributed by atoms with van der Waals surface area (Å²) in [6.07, 6.45) is 0.234. The van der Waals surface area contributed by atoms with E-state index in [0.717, 1.165) is 5.56 Å². The second kappa shape index (κ2) is 13.4. The van der Waals surface area contributed by atoms with Gasteiger partial charge in [-0.05, 0) is 48.0 Å². The number of thioether (sulfide) groups is 1. The smallest absolute Gasteiger partial charge is 0.225 e. The van der Waals surface area contributed by atoms with E-state index in [2.05, 4.69) is 11.4 Å². The first kappa shape index (κ1) is 28.3. The average Bonchev–Trinajstić information content (AvgIpc) is 3.00. The summed E-state index contributed by atoms with van der Waals surface area (Å²) in [5.74, 6) is 2.41. The lowest BCUT2D eigenvalue weighted by Gasteiger charge is -2.16. The molecule has 40 heavy (non-hydrogen) atoms. The number of nitriles is 1. The fraction of sp³-hybridized carbons (Fsp3) is 0.194. The van der Waals surface area contributed by atoms with Gasteiger partial charge in [-0.25, -0.2) is 4.98 Å². The summed E-state index contributed by atoms with van der Waals surface area (Å²) < 4.78 is 21.7. The van der Waals surface area contributed by atoms with Crippen molar-refractivity contribution in [3.8, 4) is 51.5 Å². The van der Waals surface area contributed by atoms with E-state index in [9.17, 15) is 10.1 Å². The minimum atomic E-state index is -0.139. The zero-order valence-corrected chi connectivity index (χ0v) is 23.5. The number of nitrogens with zero attached hydrogens (tertiary/aromatic N) is 2. The van der Waals surface area contributed by atoms with Gasteiger partial charge in [0, 0.05) is 29.0 Å². The predicted molar refractivity (Wildman–Crippen MR) is 156 cm³/mol. The summed E-state index contributed by atoms with van der Waals surface area (Å²) in [5.41, 5.74) is 4.07. The molecule has 9 heteroatoms. The lowest BCUT2D eigenvalue weighted by Crippen LogP contribution is -2.12. The van der Waals surface area contributed by atoms with Gasteiger partial charge in [0.05, 0.1) is 39.7 Å². The number of carbonyl (C=O) groups is 1. The van der Waals surface area contributed by atoms with Crippen LogP contribution < -0.4 is 24.3 Å². The highest BCUT2D eigenvalue weighted by Gasteiger charge is 2.20. The first-order valence-electron chi connectivity index (χ1n) is 12.4. The molecule has 0 radical (unpaired) electrons. The quantitative estimate of drug-likeness (QED) is 0.211. The number of amides is 1. The maximum atomic E-state index is 12.6. The summed E-state index contributed by atoms with van der Waals surface area (Å²) in [6, 6.07) is 24.7. The van der Waals surface area contributed by atoms with Crippen molar-refractivity contribution in [2.75, 3.05) is 39.5 Å². The number of ether oxygens (including phenoxy) is 4. The van der Waals surface area contributed by atoms with Crippen molar-refractivity contribution in [1.82, 2.24) is 4.98 Å². The van der Waals surface area contributed by atoms with E-state index in [1.165, 1.54) is 11.8 Å². The van der Waals surface area contributed by atoms with Gasteiger partial charge in [0.2, 0.25) is 11.7 Å². The highest BCUT2D eigenvalue weighted by Crippen LogP contribution is 2.43. The number of hydrogen-bond donors (Lipinski definition) is 1. The van der Waals surface area contributed by atoms with Gasteiger partial charge in [-0.15, -0.1) is 11.8 Å². The third-order valence-corrected chi connectivity index (χ3v) is 7.06. The van der Waals surface area contributed by atoms with Crippen LogP contribution in [0.15, 0.2) is 77.8 Å². The van der Waals surface area contributed by atoms with Crippen molar-refractivity contribution in [1.29, 1.82) is 5.26 Å². The number of carbonyl (C=O) groups excluding carboxylic acids is 1. The van der Waals surface area contributed by atoms with Gasteiger partial charge in [-0.2, -0.15) is 5.26 Å². The van der Waals surface area contributed by atoms with E-state index in [0.29, 0.717) is 61.8 Å². The number of benzene rings is 3. The second-order valence-electron chi connectivity index (χ2n) is 8.50. The van der Waals surface area contributed by atoms with Crippen molar-refractivity contribution < 1.29 is 23.7 Å². The number of aromatic nitrogens is 1. The third kappa shape index (κ3) is 6.47. The molecule has 0 saturated carbocycles. The van der Waals surface area contributed by atoms with Crippen LogP contribution in [0.5, 0.6) is 23.0 Å². The van der Waals surface area contributed by atoms with Crippen LogP contribution in [0.4, 0.5) is 5.69 Å². The first-order chi connectivity index (χ1) is 19.5. The number of pyridine rings is 1. The predicted octanol–water partition coefficient (Wildman–Crippen LogP) is 6.44. The van der Waals surface area contributed by atoms with Crippen LogP contribution in [0, 0.1) is 11.3 Å². The zero-order valence-electron chi connectivity index (χ0n) is 22.7. The van der Waals surface area contributed by atoms with E-state index < -0.39 is 0 Å². The molecule has 0 saturated heterocycles. The van der Waals surface area contributed by atoms with E-state index >= 15 is 0 Å². The minimum absolute atomic E-state index is 0.139. The Kier molecular flexibility index (Phi) is 9.49. The normalized spacial score (nSPS) is 10.4. The van der Waals surface area contributed by atoms with Crippen LogP contribution in [-0.2, 0) is 4.79 Å². The Morgan fingerprint density at radius 3 is 2.12 bits per heavy atom. The van der Waals surface area contributed by atoms with Gasteiger partial charge in [0.25, 0.3) is 0 Å². The van der Waals surface area contributed by atoms with Crippen molar-refractivity contribution in [3.63, 3.8) is 0 Å². The maximum Gasteiger partial charge on any atom is 0.225 e. The van der Waals surface area contributed by atoms with Crippen LogP contribution in [0.2, 0.25) is 0 Å². The largest absolute Gasteiger partial charge is 0.497 e. The van der Waals surface area contributed by atoms with E-state index in [4.69, 9.17) is 23.9 Å². The first-order valence-corrected chi connectivity index (χ1v) is 13.4. The Balaban J connectivity index is 1.67. The molecule has 1 aromatic heterocycles. The molecule has 0 atom stereocenters. The Hall–Kier alpha value is -4.68. The summed E-state index contributed by atoms with van der Waals surface area (Å²) >= 11 is 1.36. The molecule has 0 fully saturated rings. The molecule has 4 aromatic rings. The van der Waals surface area contributed by atoms with Crippen molar-refractivity contribution in [2.45, 2.75) is 11.4 Å². The molecule has 3 aromatic carbocycles. The molecule has 1 heterocycles. The lowest BCUT2D eigenvalue weighted by atomic mass is 9.98. The molecule has 0 aliphatic heterocycles. The van der Waals surface area contributed by atoms with Gasteiger partial charge in [0.15, 0.2) is 11.5 Å². The van der Waals surface area contributed by atoms with Crippen molar-refractivity contribution >= 4 is 23.4 Å². The summed E-state index contributed by atoms with van der Waals surface area (Å²) in [5, 5.41) is 13.7. The zero-order chi connectivity index (χ0) is 28.5. The Labute approximate surface area is 237 Å². The van der Waals surface area contributed by atoms with Crippen LogP contribution in [0.3, 0.4) is 0 Å². The monoisotopic (exact) mass is 555 g/mol. The molecule has 0 unspecified atom stereocenters. The summed E-state index contributed by atoms with van der Waals surface area (Å²) in [6.45, 7) is 0. The molecular weight excluding hydrogens is 526 g/mol. The van der Waals surface area contributed by atoms with Gasteiger partial charge in [-0.3, -0.25) is 4.79 Å². The summed E-state index contributed by atoms with van der Waals surface area (Å²) in [4.78, 5) is 17.4. The molecule has 204 valence electrons. The Bertz CT molecular complexity index is 1490. The molecule has 4 rings (SSSR count). The van der Waals surface area contributed by atoms with Crippen molar-refractivity contribution in [3.05, 3.63) is 78.4 Å². The molecule has 8 nitrogen and oxygen atoms in total. The van der Waals surface area contributed by atoms with E-state index in [1.807, 2.05) is 48.5 Å². The molecular formula is C31H29N3O5S. The molecule has 0 aliphatic carbocycles. The fourth-order valence-corrected chi connectivity index (χ4v) is 5.04. The van der Waals surface area contributed by atoms with Crippen LogP contribution in [0.1, 0.15) is 12.0 Å². The molecule has 0 bridgehead atoms. The molecule has 1 N–H and O–H groups in total. The topological polar surface area (TPSA) is 103 Å². The van der Waals surface area contributed by atoms with Crippen LogP contribution >= 0.6 is 11.8 Å². The van der Waals surface area contributed by atoms with E-state index in [-0.39, 0.29) is 12.3 Å². The van der Waals surface area contributed by atoms with Gasteiger partial charge in [0.1, 0.15) is 16.8 Å². The van der Waals surface area contributed by atoms with E-state index in [1.54, 1.807) is 52.7 Å². The molecule has 0 spiro atoms. The highest BCUT2D eigenvalue weighted by molar-refractivity contribution is 7.99. The maximum absolute atomic E-state index is 12.6. The van der Waals surface area contributed by atoms with Crippen molar-refractivity contribution in [2.24, 2.45) is 0 Å². The van der Waals surface area contributed by atoms with Gasteiger partial charge >= 0.3 is 0 Å². The fourth-order valence-electron chi connectivity index (χ4n) is 4.09. The second-order valence-corrected chi connectivity index (χ2v) is 9.59. The molecule has 1 amide bonds. The Morgan fingerprint density at radius 1 is 0.875 bits per heavy atom. The highest BCUT2D eigenvalue weighted by atomic mass is 32.2. The van der Waals surface area contributed by atoms with Gasteiger partial charge in [-0.1, -0.05) is 30.3 Å². The minimum Gasteiger partial charge on any atom is -0.497 e. The number of nitrogens with one attached hydrogen (secondary N) is 1.